The number of aromatic amines is 1. The lowest BCUT2D eigenvalue weighted by molar-refractivity contribution is -0.142. The van der Waals surface area contributed by atoms with Crippen LogP contribution in [0, 0.1) is 13.8 Å². The molecule has 0 saturated carbocycles. The van der Waals surface area contributed by atoms with Crippen molar-refractivity contribution in [2.24, 2.45) is 0 Å². The van der Waals surface area contributed by atoms with Crippen molar-refractivity contribution < 1.29 is 35.9 Å². The minimum Gasteiger partial charge on any atom is -0.322 e. The standard InChI is InChI=1S/C23H17ClF3N5O.C23H18F3N5O2/c1-3-19-29-11-14-8-17(20(24)32-21(14)31-19)16-10-15(5-4-12(16)2)30-22(33)13-6-7-28-18(9-13)23(25,26)27;1-3-19-28-11-14-8-17(22(33)31-20(14)30-19)16-10-15(5-4-12(16)2)29-21(32)13-6-7-27-18(9-13)23(24,25)26/h4-11H,3H2,1-2H3,(H,30,33);4-11H,3H2,1-2H3,(H,29,32)(H,28,30,31,33). The minimum absolute atomic E-state index is 0.159. The molecule has 20 heteroatoms. The smallest absolute Gasteiger partial charge is 0.322 e. The number of H-pyrrole nitrogens is 1. The van der Waals surface area contributed by atoms with Crippen LogP contribution < -0.4 is 16.2 Å². The van der Waals surface area contributed by atoms with Gasteiger partial charge in [-0.25, -0.2) is 24.9 Å². The molecule has 13 nitrogen and oxygen atoms in total. The molecule has 0 aliphatic rings. The van der Waals surface area contributed by atoms with Crippen molar-refractivity contribution in [3.05, 3.63) is 158 Å². The molecular weight excluding hydrogens is 890 g/mol. The van der Waals surface area contributed by atoms with Gasteiger partial charge in [0.2, 0.25) is 0 Å². The maximum absolute atomic E-state index is 12.9. The van der Waals surface area contributed by atoms with Crippen LogP contribution in [0.2, 0.25) is 5.15 Å². The zero-order chi connectivity index (χ0) is 47.5. The van der Waals surface area contributed by atoms with Gasteiger partial charge in [-0.05, 0) is 96.8 Å². The number of carbonyl (C=O) groups is 2. The first-order chi connectivity index (χ1) is 31.3. The van der Waals surface area contributed by atoms with E-state index in [0.717, 1.165) is 23.5 Å². The van der Waals surface area contributed by atoms with E-state index >= 15 is 0 Å². The van der Waals surface area contributed by atoms with Gasteiger partial charge in [-0.15, -0.1) is 0 Å². The highest BCUT2D eigenvalue weighted by Gasteiger charge is 2.34. The Morgan fingerprint density at radius 3 is 1.61 bits per heavy atom. The first-order valence-electron chi connectivity index (χ1n) is 19.9. The number of aromatic nitrogens is 8. The van der Waals surface area contributed by atoms with E-state index < -0.39 is 35.6 Å². The molecule has 6 aromatic heterocycles. The average Bonchev–Trinajstić information content (AvgIpc) is 3.29. The number of amides is 2. The Hall–Kier alpha value is -7.67. The first-order valence-corrected chi connectivity index (χ1v) is 20.3. The van der Waals surface area contributed by atoms with Crippen LogP contribution in [-0.2, 0) is 25.2 Å². The van der Waals surface area contributed by atoms with E-state index in [1.165, 1.54) is 12.1 Å². The number of benzene rings is 2. The normalized spacial score (nSPS) is 11.6. The first kappa shape index (κ1) is 46.3. The highest BCUT2D eigenvalue weighted by atomic mass is 35.5. The zero-order valence-corrected chi connectivity index (χ0v) is 35.9. The number of hydrogen-bond acceptors (Lipinski definition) is 10. The number of rotatable bonds is 8. The van der Waals surface area contributed by atoms with Crippen LogP contribution in [0.1, 0.15) is 68.7 Å². The number of nitrogens with one attached hydrogen (secondary N) is 3. The fourth-order valence-electron chi connectivity index (χ4n) is 6.58. The second kappa shape index (κ2) is 18.8. The number of hydrogen-bond donors (Lipinski definition) is 3. The predicted molar refractivity (Wildman–Crippen MR) is 236 cm³/mol. The number of alkyl halides is 6. The van der Waals surface area contributed by atoms with Crippen molar-refractivity contribution in [1.82, 2.24) is 39.9 Å². The molecule has 0 unspecified atom stereocenters. The molecule has 6 heterocycles. The third-order valence-electron chi connectivity index (χ3n) is 10.0. The molecule has 3 N–H and O–H groups in total. The van der Waals surface area contributed by atoms with Crippen molar-refractivity contribution in [2.45, 2.75) is 52.9 Å². The van der Waals surface area contributed by atoms with Gasteiger partial charge in [0.15, 0.2) is 5.65 Å². The molecule has 8 aromatic rings. The molecule has 0 aliphatic heterocycles. The van der Waals surface area contributed by atoms with Crippen molar-refractivity contribution in [2.75, 3.05) is 10.6 Å². The maximum atomic E-state index is 12.9. The molecule has 0 aliphatic carbocycles. The van der Waals surface area contributed by atoms with Gasteiger partial charge in [0.1, 0.15) is 33.8 Å². The van der Waals surface area contributed by atoms with Crippen molar-refractivity contribution in [3.8, 4) is 22.3 Å². The van der Waals surface area contributed by atoms with Gasteiger partial charge in [-0.3, -0.25) is 24.4 Å². The number of anilines is 2. The van der Waals surface area contributed by atoms with Crippen molar-refractivity contribution >= 4 is 56.9 Å². The van der Waals surface area contributed by atoms with Gasteiger partial charge < -0.3 is 15.6 Å². The van der Waals surface area contributed by atoms with Gasteiger partial charge >= 0.3 is 12.4 Å². The van der Waals surface area contributed by atoms with Crippen LogP contribution in [-0.4, -0.2) is 51.7 Å². The van der Waals surface area contributed by atoms with Gasteiger partial charge in [0, 0.05) is 82.0 Å². The molecule has 0 fully saturated rings. The SMILES string of the molecule is CCc1ncc2cc(-c3cc(NC(=O)c4ccnc(C(F)(F)F)c4)ccc3C)c(=O)[nH]c2n1.CCc1ncc2cc(-c3cc(NC(=O)c4ccnc(C(F)(F)F)c4)ccc3C)c(Cl)nc2n1. The lowest BCUT2D eigenvalue weighted by Crippen LogP contribution is -2.15. The Kier molecular flexibility index (Phi) is 13.2. The Morgan fingerprint density at radius 2 is 1.09 bits per heavy atom. The van der Waals surface area contributed by atoms with E-state index in [0.29, 0.717) is 92.3 Å². The van der Waals surface area contributed by atoms with E-state index in [1.807, 2.05) is 26.8 Å². The Labute approximate surface area is 375 Å². The van der Waals surface area contributed by atoms with E-state index in [2.05, 4.69) is 50.5 Å². The Morgan fingerprint density at radius 1 is 0.606 bits per heavy atom. The molecule has 0 saturated heterocycles. The maximum Gasteiger partial charge on any atom is 0.433 e. The molecule has 66 heavy (non-hydrogen) atoms. The molecule has 336 valence electrons. The van der Waals surface area contributed by atoms with Crippen LogP contribution in [0.25, 0.3) is 44.3 Å². The summed E-state index contributed by atoms with van der Waals surface area (Å²) >= 11 is 6.45. The summed E-state index contributed by atoms with van der Waals surface area (Å²) in [4.78, 5) is 68.8. The molecule has 8 rings (SSSR count). The topological polar surface area (TPSA) is 181 Å². The second-order valence-corrected chi connectivity index (χ2v) is 15.0. The molecule has 0 radical (unpaired) electrons. The van der Waals surface area contributed by atoms with E-state index in [-0.39, 0.29) is 21.8 Å². The van der Waals surface area contributed by atoms with Crippen molar-refractivity contribution in [1.29, 1.82) is 0 Å². The summed E-state index contributed by atoms with van der Waals surface area (Å²) in [6, 6.07) is 17.3. The van der Waals surface area contributed by atoms with Crippen LogP contribution in [0.3, 0.4) is 0 Å². The summed E-state index contributed by atoms with van der Waals surface area (Å²) in [5, 5.41) is 6.78. The fourth-order valence-corrected chi connectivity index (χ4v) is 6.81. The second-order valence-electron chi connectivity index (χ2n) is 14.7. The van der Waals surface area contributed by atoms with Crippen LogP contribution >= 0.6 is 11.6 Å². The summed E-state index contributed by atoms with van der Waals surface area (Å²) in [6.07, 6.45) is -2.83. The number of aryl methyl sites for hydroxylation is 4. The average molecular weight is 925 g/mol. The molecule has 0 atom stereocenters. The summed E-state index contributed by atoms with van der Waals surface area (Å²) in [5.74, 6) is -0.160. The largest absolute Gasteiger partial charge is 0.433 e. The highest BCUT2D eigenvalue weighted by Crippen LogP contribution is 2.34. The van der Waals surface area contributed by atoms with Gasteiger partial charge in [0.25, 0.3) is 17.4 Å². The molecule has 2 amide bonds. The minimum atomic E-state index is -4.66. The number of nitrogens with zero attached hydrogens (tertiary/aromatic N) is 7. The zero-order valence-electron chi connectivity index (χ0n) is 35.2. The van der Waals surface area contributed by atoms with E-state index in [9.17, 15) is 40.7 Å². The Balaban J connectivity index is 0.000000196. The monoisotopic (exact) mass is 924 g/mol. The lowest BCUT2D eigenvalue weighted by Gasteiger charge is -2.13. The summed E-state index contributed by atoms with van der Waals surface area (Å²) in [5.41, 5.74) is 2.49. The number of carbonyl (C=O) groups excluding carboxylic acids is 2. The summed E-state index contributed by atoms with van der Waals surface area (Å²) in [6.45, 7) is 7.53. The fraction of sp³-hybridized carbons (Fsp3) is 0.174. The van der Waals surface area contributed by atoms with E-state index in [1.54, 1.807) is 61.8 Å². The van der Waals surface area contributed by atoms with Crippen LogP contribution in [0.15, 0.2) is 102 Å². The predicted octanol–water partition coefficient (Wildman–Crippen LogP) is 10.4. The third kappa shape index (κ3) is 10.5. The number of fused-ring (bicyclic) bond motifs is 2. The molecule has 0 spiro atoms. The Bertz CT molecular complexity index is 3230. The highest BCUT2D eigenvalue weighted by molar-refractivity contribution is 6.32. The van der Waals surface area contributed by atoms with Crippen molar-refractivity contribution in [3.63, 3.8) is 0 Å². The summed E-state index contributed by atoms with van der Waals surface area (Å²) in [7, 11) is 0. The summed E-state index contributed by atoms with van der Waals surface area (Å²) < 4.78 is 77.4. The van der Waals surface area contributed by atoms with E-state index in [4.69, 9.17) is 11.6 Å². The quantitative estimate of drug-likeness (QED) is 0.0980. The van der Waals surface area contributed by atoms with Crippen LogP contribution in [0.5, 0.6) is 0 Å². The van der Waals surface area contributed by atoms with Gasteiger partial charge in [-0.2, -0.15) is 26.3 Å². The number of pyridine rings is 4. The molecule has 2 aromatic carbocycles. The van der Waals surface area contributed by atoms with Crippen LogP contribution in [0.4, 0.5) is 37.7 Å². The molecular formula is C46H35ClF6N10O3. The van der Waals surface area contributed by atoms with Gasteiger partial charge in [-0.1, -0.05) is 37.6 Å². The lowest BCUT2D eigenvalue weighted by atomic mass is 10.00. The number of halogens is 7. The third-order valence-corrected chi connectivity index (χ3v) is 10.3. The molecule has 0 bridgehead atoms. The van der Waals surface area contributed by atoms with Gasteiger partial charge in [0.05, 0.1) is 0 Å².